The van der Waals surface area contributed by atoms with Gasteiger partial charge in [-0.15, -0.1) is 11.8 Å². The largest absolute Gasteiger partial charge is 0.454 e. The van der Waals surface area contributed by atoms with E-state index in [0.717, 1.165) is 4.90 Å². The highest BCUT2D eigenvalue weighted by Gasteiger charge is 2.20. The van der Waals surface area contributed by atoms with E-state index in [1.54, 1.807) is 42.1 Å². The molecule has 1 atom stereocenters. The van der Waals surface area contributed by atoms with E-state index in [4.69, 9.17) is 14.2 Å². The summed E-state index contributed by atoms with van der Waals surface area (Å²) in [5.74, 6) is -0.0811. The average molecular weight is 415 g/mol. The van der Waals surface area contributed by atoms with Gasteiger partial charge in [-0.2, -0.15) is 0 Å². The summed E-state index contributed by atoms with van der Waals surface area (Å²) in [4.78, 5) is 37.5. The van der Waals surface area contributed by atoms with Gasteiger partial charge in [0, 0.05) is 28.6 Å². The molecule has 1 aliphatic heterocycles. The molecule has 29 heavy (non-hydrogen) atoms. The molecule has 0 saturated heterocycles. The van der Waals surface area contributed by atoms with Crippen molar-refractivity contribution in [2.45, 2.75) is 30.8 Å². The summed E-state index contributed by atoms with van der Waals surface area (Å²) >= 11 is 1.59. The molecule has 8 heteroatoms. The van der Waals surface area contributed by atoms with Gasteiger partial charge in [0.05, 0.1) is 6.42 Å². The van der Waals surface area contributed by atoms with E-state index >= 15 is 0 Å². The number of Topliss-reactive ketones (excluding diaryl/α,β-unsaturated/α-hetero) is 1. The second-order valence-electron chi connectivity index (χ2n) is 6.34. The Hall–Kier alpha value is -3.00. The number of anilines is 1. The SMILES string of the molecule is CSc1ccc(C(=O)CCC(=O)O[C@H](C)C(=O)Nc2ccc3c(c2)OCO3)cc1. The molecule has 2 aromatic carbocycles. The number of rotatable bonds is 8. The van der Waals surface area contributed by atoms with E-state index in [-0.39, 0.29) is 25.4 Å². The van der Waals surface area contributed by atoms with Crippen molar-refractivity contribution >= 4 is 35.1 Å². The molecule has 0 spiro atoms. The van der Waals surface area contributed by atoms with Crippen LogP contribution in [-0.4, -0.2) is 36.8 Å². The second kappa shape index (κ2) is 9.47. The molecule has 0 aromatic heterocycles. The van der Waals surface area contributed by atoms with Crippen molar-refractivity contribution in [2.75, 3.05) is 18.4 Å². The Labute approximate surface area is 172 Å². The molecule has 1 N–H and O–H groups in total. The van der Waals surface area contributed by atoms with E-state index < -0.39 is 18.0 Å². The lowest BCUT2D eigenvalue weighted by molar-refractivity contribution is -0.153. The zero-order chi connectivity index (χ0) is 20.8. The van der Waals surface area contributed by atoms with E-state index in [1.807, 2.05) is 18.4 Å². The van der Waals surface area contributed by atoms with E-state index in [1.165, 1.54) is 6.92 Å². The fourth-order valence-corrected chi connectivity index (χ4v) is 3.07. The molecule has 0 saturated carbocycles. The highest BCUT2D eigenvalue weighted by atomic mass is 32.2. The Balaban J connectivity index is 1.45. The molecular formula is C21H21NO6S. The van der Waals surface area contributed by atoms with Crippen LogP contribution in [0.5, 0.6) is 11.5 Å². The number of amides is 1. The Kier molecular flexibility index (Phi) is 6.77. The Morgan fingerprint density at radius 3 is 2.52 bits per heavy atom. The van der Waals surface area contributed by atoms with Crippen molar-refractivity contribution in [3.05, 3.63) is 48.0 Å². The fourth-order valence-electron chi connectivity index (χ4n) is 2.66. The maximum Gasteiger partial charge on any atom is 0.307 e. The summed E-state index contributed by atoms with van der Waals surface area (Å²) in [5.41, 5.74) is 1.05. The average Bonchev–Trinajstić information content (AvgIpc) is 3.19. The van der Waals surface area contributed by atoms with Gasteiger partial charge in [-0.25, -0.2) is 0 Å². The maximum absolute atomic E-state index is 12.2. The number of carbonyl (C=O) groups excluding carboxylic acids is 3. The minimum Gasteiger partial charge on any atom is -0.454 e. The first-order valence-corrected chi connectivity index (χ1v) is 10.3. The van der Waals surface area contributed by atoms with E-state index in [0.29, 0.717) is 22.7 Å². The highest BCUT2D eigenvalue weighted by molar-refractivity contribution is 7.98. The molecule has 0 fully saturated rings. The lowest BCUT2D eigenvalue weighted by atomic mass is 10.1. The van der Waals surface area contributed by atoms with Crippen molar-refractivity contribution in [3.8, 4) is 11.5 Å². The lowest BCUT2D eigenvalue weighted by Gasteiger charge is -2.13. The van der Waals surface area contributed by atoms with Crippen LogP contribution >= 0.6 is 11.8 Å². The molecule has 1 amide bonds. The first-order valence-electron chi connectivity index (χ1n) is 9.03. The number of ether oxygens (including phenoxy) is 3. The van der Waals surface area contributed by atoms with Gasteiger partial charge in [-0.3, -0.25) is 14.4 Å². The van der Waals surface area contributed by atoms with Crippen LogP contribution in [0.25, 0.3) is 0 Å². The maximum atomic E-state index is 12.2. The highest BCUT2D eigenvalue weighted by Crippen LogP contribution is 2.34. The van der Waals surface area contributed by atoms with Crippen LogP contribution in [0, 0.1) is 0 Å². The first-order chi connectivity index (χ1) is 14.0. The van der Waals surface area contributed by atoms with Gasteiger partial charge in [0.2, 0.25) is 6.79 Å². The predicted molar refractivity (Wildman–Crippen MR) is 109 cm³/mol. The van der Waals surface area contributed by atoms with Gasteiger partial charge in [0.15, 0.2) is 23.4 Å². The van der Waals surface area contributed by atoms with Gasteiger partial charge >= 0.3 is 5.97 Å². The monoisotopic (exact) mass is 415 g/mol. The van der Waals surface area contributed by atoms with Gasteiger partial charge in [-0.05, 0) is 37.4 Å². The predicted octanol–water partition coefficient (Wildman–Crippen LogP) is 3.67. The Morgan fingerprint density at radius 2 is 1.79 bits per heavy atom. The van der Waals surface area contributed by atoms with Gasteiger partial charge in [0.1, 0.15) is 0 Å². The smallest absolute Gasteiger partial charge is 0.307 e. The molecule has 1 heterocycles. The molecule has 152 valence electrons. The molecule has 0 bridgehead atoms. The normalized spacial score (nSPS) is 12.9. The van der Waals surface area contributed by atoms with Crippen LogP contribution in [-0.2, 0) is 14.3 Å². The number of hydrogen-bond donors (Lipinski definition) is 1. The molecule has 0 radical (unpaired) electrons. The van der Waals surface area contributed by atoms with Crippen LogP contribution in [0.3, 0.4) is 0 Å². The van der Waals surface area contributed by atoms with Gasteiger partial charge in [-0.1, -0.05) is 12.1 Å². The minimum atomic E-state index is -0.996. The standard InChI is InChI=1S/C21H21NO6S/c1-13(21(25)22-15-5-9-18-19(11-15)27-12-26-18)28-20(24)10-8-17(23)14-3-6-16(29-2)7-4-14/h3-7,9,11,13H,8,10,12H2,1-2H3,(H,22,25)/t13-/m1/s1. The van der Waals surface area contributed by atoms with E-state index in [9.17, 15) is 14.4 Å². The summed E-state index contributed by atoms with van der Waals surface area (Å²) < 4.78 is 15.6. The number of ketones is 1. The van der Waals surface area contributed by atoms with Crippen LogP contribution in [0.1, 0.15) is 30.1 Å². The molecule has 3 rings (SSSR count). The fraction of sp³-hybridized carbons (Fsp3) is 0.286. The summed E-state index contributed by atoms with van der Waals surface area (Å²) in [6.45, 7) is 1.62. The third kappa shape index (κ3) is 5.51. The third-order valence-corrected chi connectivity index (χ3v) is 5.03. The van der Waals surface area contributed by atoms with Gasteiger partial charge < -0.3 is 19.5 Å². The zero-order valence-electron chi connectivity index (χ0n) is 16.1. The zero-order valence-corrected chi connectivity index (χ0v) is 16.9. The van der Waals surface area contributed by atoms with Crippen LogP contribution < -0.4 is 14.8 Å². The number of esters is 1. The van der Waals surface area contributed by atoms with Crippen molar-refractivity contribution in [3.63, 3.8) is 0 Å². The summed E-state index contributed by atoms with van der Waals surface area (Å²) in [6.07, 6.45) is 0.888. The second-order valence-corrected chi connectivity index (χ2v) is 7.22. The van der Waals surface area contributed by atoms with Gasteiger partial charge in [0.25, 0.3) is 5.91 Å². The van der Waals surface area contributed by atoms with Crippen LogP contribution in [0.2, 0.25) is 0 Å². The molecule has 0 aliphatic carbocycles. The number of nitrogens with one attached hydrogen (secondary N) is 1. The third-order valence-electron chi connectivity index (χ3n) is 4.29. The lowest BCUT2D eigenvalue weighted by Crippen LogP contribution is -2.30. The molecular weight excluding hydrogens is 394 g/mol. The topological polar surface area (TPSA) is 90.9 Å². The quantitative estimate of drug-likeness (QED) is 0.400. The van der Waals surface area contributed by atoms with Crippen molar-refractivity contribution < 1.29 is 28.6 Å². The number of carbonyl (C=O) groups is 3. The minimum absolute atomic E-state index is 0.0218. The number of benzene rings is 2. The number of fused-ring (bicyclic) bond motifs is 1. The molecule has 0 unspecified atom stereocenters. The summed E-state index contributed by atoms with van der Waals surface area (Å²) in [6, 6.07) is 12.2. The van der Waals surface area contributed by atoms with Crippen molar-refractivity contribution in [1.82, 2.24) is 0 Å². The first kappa shape index (κ1) is 20.7. The summed E-state index contributed by atoms with van der Waals surface area (Å²) in [5, 5.41) is 2.66. The van der Waals surface area contributed by atoms with Crippen molar-refractivity contribution in [2.24, 2.45) is 0 Å². The summed E-state index contributed by atoms with van der Waals surface area (Å²) in [7, 11) is 0. The number of thioether (sulfide) groups is 1. The number of hydrogen-bond acceptors (Lipinski definition) is 7. The van der Waals surface area contributed by atoms with Crippen LogP contribution in [0.4, 0.5) is 5.69 Å². The Morgan fingerprint density at radius 1 is 1.07 bits per heavy atom. The molecule has 2 aromatic rings. The molecule has 7 nitrogen and oxygen atoms in total. The molecule has 1 aliphatic rings. The van der Waals surface area contributed by atoms with E-state index in [2.05, 4.69) is 5.32 Å². The van der Waals surface area contributed by atoms with Crippen molar-refractivity contribution in [1.29, 1.82) is 0 Å². The Bertz CT molecular complexity index is 912. The van der Waals surface area contributed by atoms with Crippen LogP contribution in [0.15, 0.2) is 47.4 Å².